The first-order valence-corrected chi connectivity index (χ1v) is 8.99. The molecule has 0 saturated carbocycles. The van der Waals surface area contributed by atoms with Crippen molar-refractivity contribution < 1.29 is 19.5 Å². The van der Waals surface area contributed by atoms with Crippen molar-refractivity contribution in [2.24, 2.45) is 5.92 Å². The SMILES string of the molecule is Cc1cccc(C(=O)NC(C(=O)NCc2nc(C(=O)O)cs2)C(C)C)c1. The van der Waals surface area contributed by atoms with Gasteiger partial charge in [0.05, 0.1) is 6.54 Å². The molecule has 8 heteroatoms. The normalized spacial score (nSPS) is 11.8. The van der Waals surface area contributed by atoms with Crippen LogP contribution in [0.4, 0.5) is 0 Å². The van der Waals surface area contributed by atoms with Crippen molar-refractivity contribution in [1.82, 2.24) is 15.6 Å². The number of carboxylic acids is 1. The van der Waals surface area contributed by atoms with Gasteiger partial charge in [0, 0.05) is 10.9 Å². The summed E-state index contributed by atoms with van der Waals surface area (Å²) in [6, 6.07) is 6.43. The van der Waals surface area contributed by atoms with Crippen LogP contribution in [-0.2, 0) is 11.3 Å². The smallest absolute Gasteiger partial charge is 0.355 e. The number of carbonyl (C=O) groups is 3. The van der Waals surface area contributed by atoms with Gasteiger partial charge in [-0.15, -0.1) is 11.3 Å². The lowest BCUT2D eigenvalue weighted by molar-refractivity contribution is -0.124. The Morgan fingerprint density at radius 1 is 1.27 bits per heavy atom. The van der Waals surface area contributed by atoms with Crippen LogP contribution >= 0.6 is 11.3 Å². The van der Waals surface area contributed by atoms with Gasteiger partial charge in [0.25, 0.3) is 5.91 Å². The Hall–Kier alpha value is -2.74. The van der Waals surface area contributed by atoms with Crippen molar-refractivity contribution in [1.29, 1.82) is 0 Å². The van der Waals surface area contributed by atoms with E-state index < -0.39 is 12.0 Å². The average molecular weight is 375 g/mol. The summed E-state index contributed by atoms with van der Waals surface area (Å²) >= 11 is 1.16. The molecule has 1 unspecified atom stereocenters. The number of carboxylic acid groups (broad SMARTS) is 1. The largest absolute Gasteiger partial charge is 0.476 e. The Balaban J connectivity index is 2.00. The minimum atomic E-state index is -1.11. The van der Waals surface area contributed by atoms with Crippen molar-refractivity contribution in [3.05, 3.63) is 51.5 Å². The summed E-state index contributed by atoms with van der Waals surface area (Å²) in [4.78, 5) is 39.6. The summed E-state index contributed by atoms with van der Waals surface area (Å²) in [6.07, 6.45) is 0. The standard InChI is InChI=1S/C18H21N3O4S/c1-10(2)15(21-16(22)12-6-4-5-11(3)7-12)17(23)19-8-14-20-13(9-26-14)18(24)25/h4-7,9-10,15H,8H2,1-3H3,(H,19,23)(H,21,22)(H,24,25). The first kappa shape index (κ1) is 19.6. The van der Waals surface area contributed by atoms with Crippen LogP contribution in [0.5, 0.6) is 0 Å². The number of carbonyl (C=O) groups excluding carboxylic acids is 2. The van der Waals surface area contributed by atoms with E-state index in [0.29, 0.717) is 10.6 Å². The molecule has 7 nitrogen and oxygen atoms in total. The Bertz CT molecular complexity index is 816. The van der Waals surface area contributed by atoms with Gasteiger partial charge in [-0.05, 0) is 25.0 Å². The lowest BCUT2D eigenvalue weighted by atomic mass is 10.0. The van der Waals surface area contributed by atoms with Gasteiger partial charge in [-0.1, -0.05) is 31.5 Å². The lowest BCUT2D eigenvalue weighted by Crippen LogP contribution is -2.49. The predicted molar refractivity (Wildman–Crippen MR) is 98.2 cm³/mol. The first-order chi connectivity index (χ1) is 12.3. The molecular weight excluding hydrogens is 354 g/mol. The molecule has 1 atom stereocenters. The number of hydrogen-bond acceptors (Lipinski definition) is 5. The average Bonchev–Trinajstić information content (AvgIpc) is 3.06. The van der Waals surface area contributed by atoms with Crippen LogP contribution in [0.2, 0.25) is 0 Å². The molecule has 2 rings (SSSR count). The number of aryl methyl sites for hydroxylation is 1. The van der Waals surface area contributed by atoms with E-state index >= 15 is 0 Å². The number of aromatic nitrogens is 1. The second-order valence-electron chi connectivity index (χ2n) is 6.21. The number of aromatic carboxylic acids is 1. The van der Waals surface area contributed by atoms with E-state index in [0.717, 1.165) is 16.9 Å². The summed E-state index contributed by atoms with van der Waals surface area (Å²) in [5.74, 6) is -1.88. The van der Waals surface area contributed by atoms with Crippen LogP contribution in [0, 0.1) is 12.8 Å². The van der Waals surface area contributed by atoms with E-state index in [1.54, 1.807) is 18.2 Å². The Morgan fingerprint density at radius 3 is 2.58 bits per heavy atom. The van der Waals surface area contributed by atoms with Crippen LogP contribution in [0.25, 0.3) is 0 Å². The van der Waals surface area contributed by atoms with Crippen LogP contribution < -0.4 is 10.6 Å². The number of benzene rings is 1. The second kappa shape index (κ2) is 8.57. The quantitative estimate of drug-likeness (QED) is 0.688. The van der Waals surface area contributed by atoms with Crippen LogP contribution in [0.3, 0.4) is 0 Å². The predicted octanol–water partition coefficient (Wildman–Crippen LogP) is 2.22. The molecule has 2 amide bonds. The van der Waals surface area contributed by atoms with Gasteiger partial charge >= 0.3 is 5.97 Å². The van der Waals surface area contributed by atoms with Gasteiger partial charge in [-0.3, -0.25) is 9.59 Å². The Labute approximate surface area is 155 Å². The van der Waals surface area contributed by atoms with Crippen LogP contribution in [0.1, 0.15) is 45.3 Å². The van der Waals surface area contributed by atoms with E-state index in [2.05, 4.69) is 15.6 Å². The van der Waals surface area contributed by atoms with Crippen molar-refractivity contribution in [3.8, 4) is 0 Å². The minimum Gasteiger partial charge on any atom is -0.476 e. The fraction of sp³-hybridized carbons (Fsp3) is 0.333. The monoisotopic (exact) mass is 375 g/mol. The molecule has 0 fully saturated rings. The zero-order chi connectivity index (χ0) is 19.3. The molecule has 3 N–H and O–H groups in total. The van der Waals surface area contributed by atoms with E-state index in [-0.39, 0.29) is 30.0 Å². The number of nitrogens with zero attached hydrogens (tertiary/aromatic N) is 1. The number of nitrogens with one attached hydrogen (secondary N) is 2. The fourth-order valence-electron chi connectivity index (χ4n) is 2.31. The van der Waals surface area contributed by atoms with E-state index in [1.165, 1.54) is 5.38 Å². The van der Waals surface area contributed by atoms with Crippen molar-refractivity contribution >= 4 is 29.1 Å². The molecule has 0 bridgehead atoms. The molecule has 1 heterocycles. The summed E-state index contributed by atoms with van der Waals surface area (Å²) in [5, 5.41) is 16.2. The highest BCUT2D eigenvalue weighted by Crippen LogP contribution is 2.11. The fourth-order valence-corrected chi connectivity index (χ4v) is 3.02. The molecule has 0 spiro atoms. The van der Waals surface area contributed by atoms with Crippen molar-refractivity contribution in [3.63, 3.8) is 0 Å². The minimum absolute atomic E-state index is 0.0487. The van der Waals surface area contributed by atoms with Gasteiger partial charge in [0.2, 0.25) is 5.91 Å². The Kier molecular flexibility index (Phi) is 6.46. The molecule has 26 heavy (non-hydrogen) atoms. The second-order valence-corrected chi connectivity index (χ2v) is 7.16. The van der Waals surface area contributed by atoms with Crippen molar-refractivity contribution in [2.45, 2.75) is 33.4 Å². The highest BCUT2D eigenvalue weighted by molar-refractivity contribution is 7.09. The molecule has 1 aromatic heterocycles. The third kappa shape index (κ3) is 5.13. The van der Waals surface area contributed by atoms with E-state index in [1.807, 2.05) is 26.8 Å². The lowest BCUT2D eigenvalue weighted by Gasteiger charge is -2.21. The maximum absolute atomic E-state index is 12.5. The molecule has 0 aliphatic carbocycles. The van der Waals surface area contributed by atoms with Gasteiger partial charge in [0.1, 0.15) is 11.0 Å². The van der Waals surface area contributed by atoms with Crippen LogP contribution in [-0.4, -0.2) is 33.9 Å². The number of thiazole rings is 1. The molecule has 0 radical (unpaired) electrons. The summed E-state index contributed by atoms with van der Waals surface area (Å²) in [5.41, 5.74) is 1.41. The summed E-state index contributed by atoms with van der Waals surface area (Å²) < 4.78 is 0. The first-order valence-electron chi connectivity index (χ1n) is 8.11. The maximum atomic E-state index is 12.5. The topological polar surface area (TPSA) is 108 Å². The maximum Gasteiger partial charge on any atom is 0.355 e. The summed E-state index contributed by atoms with van der Waals surface area (Å²) in [7, 11) is 0. The zero-order valence-electron chi connectivity index (χ0n) is 14.8. The van der Waals surface area contributed by atoms with Gasteiger partial charge in [0.15, 0.2) is 5.69 Å². The molecule has 1 aromatic carbocycles. The molecule has 0 aliphatic heterocycles. The van der Waals surface area contributed by atoms with Crippen molar-refractivity contribution in [2.75, 3.05) is 0 Å². The highest BCUT2D eigenvalue weighted by atomic mass is 32.1. The number of rotatable bonds is 7. The van der Waals surface area contributed by atoms with Gasteiger partial charge in [-0.25, -0.2) is 9.78 Å². The molecule has 0 aliphatic rings. The molecule has 0 saturated heterocycles. The third-order valence-corrected chi connectivity index (χ3v) is 4.55. The van der Waals surface area contributed by atoms with Gasteiger partial charge in [-0.2, -0.15) is 0 Å². The van der Waals surface area contributed by atoms with E-state index in [9.17, 15) is 14.4 Å². The highest BCUT2D eigenvalue weighted by Gasteiger charge is 2.24. The third-order valence-electron chi connectivity index (χ3n) is 3.70. The molecule has 2 aromatic rings. The van der Waals surface area contributed by atoms with Crippen LogP contribution in [0.15, 0.2) is 29.6 Å². The zero-order valence-corrected chi connectivity index (χ0v) is 15.6. The molecular formula is C18H21N3O4S. The number of hydrogen-bond donors (Lipinski definition) is 3. The Morgan fingerprint density at radius 2 is 2.00 bits per heavy atom. The molecule has 138 valence electrons. The summed E-state index contributed by atoms with van der Waals surface area (Å²) in [6.45, 7) is 5.68. The van der Waals surface area contributed by atoms with E-state index in [4.69, 9.17) is 5.11 Å². The number of amides is 2. The van der Waals surface area contributed by atoms with Gasteiger partial charge < -0.3 is 15.7 Å².